The fourth-order valence-electron chi connectivity index (χ4n) is 14.9. The first-order valence-corrected chi connectivity index (χ1v) is 38.0. The van der Waals surface area contributed by atoms with Gasteiger partial charge in [0.2, 0.25) is 0 Å². The maximum absolute atomic E-state index is 11.1. The lowest BCUT2D eigenvalue weighted by atomic mass is 10.0. The zero-order valence-corrected chi connectivity index (χ0v) is 61.9. The summed E-state index contributed by atoms with van der Waals surface area (Å²) in [5, 5.41) is 302. The van der Waals surface area contributed by atoms with Crippen molar-refractivity contribution in [1.82, 2.24) is 0 Å². The average Bonchev–Trinajstić information content (AvgIpc) is 1.14. The van der Waals surface area contributed by atoms with Crippen LogP contribution in [0.3, 0.4) is 0 Å². The van der Waals surface area contributed by atoms with Crippen LogP contribution >= 0.6 is 0 Å². The molecule has 13 heterocycles. The summed E-state index contributed by atoms with van der Waals surface area (Å²) in [4.78, 5) is 0. The summed E-state index contributed by atoms with van der Waals surface area (Å²) in [5.74, 6) is 0. The molecule has 13 unspecified atom stereocenters. The third kappa shape index (κ3) is 20.4. The molecule has 13 aliphatic rings. The van der Waals surface area contributed by atoms with Crippen molar-refractivity contribution in [3.8, 4) is 0 Å². The minimum atomic E-state index is -1.98. The summed E-state index contributed by atoms with van der Waals surface area (Å²) in [5.41, 5.74) is 0. The van der Waals surface area contributed by atoms with E-state index in [0.29, 0.717) is 0 Å². The fourth-order valence-corrected chi connectivity index (χ4v) is 14.9. The summed E-state index contributed by atoms with van der Waals surface area (Å²) in [7, 11) is 0. The maximum Gasteiger partial charge on any atom is 0.186 e. The molecule has 0 spiro atoms. The Kier molecular flexibility index (Phi) is 32.1. The third-order valence-electron chi connectivity index (χ3n) is 22.4. The predicted molar refractivity (Wildman–Crippen MR) is 349 cm³/mol. The van der Waals surface area contributed by atoms with Crippen LogP contribution in [0.25, 0.3) is 0 Å². The van der Waals surface area contributed by atoms with Gasteiger partial charge in [-0.05, 0) is 0 Å². The third-order valence-corrected chi connectivity index (χ3v) is 22.4. The Balaban J connectivity index is 0.484. The zero-order valence-electron chi connectivity index (χ0n) is 61.9. The van der Waals surface area contributed by atoms with E-state index in [1.54, 1.807) is 0 Å². The summed E-state index contributed by atoms with van der Waals surface area (Å²) >= 11 is 0. The van der Waals surface area contributed by atoms with Crippen LogP contribution in [0.2, 0.25) is 0 Å². The fraction of sp³-hybridized carbons (Fsp3) is 1.00. The Hall–Kier alpha value is -2.12. The van der Waals surface area contributed by atoms with Gasteiger partial charge in [0.15, 0.2) is 81.8 Å². The summed E-state index contributed by atoms with van der Waals surface area (Å²) in [6.07, 6.45) is -89.0. The molecule has 0 aromatic carbocycles. The van der Waals surface area contributed by atoms with Gasteiger partial charge in [0.05, 0.1) is 85.9 Å². The van der Waals surface area contributed by atoms with Gasteiger partial charge in [0, 0.05) is 0 Å². The minimum Gasteiger partial charge on any atom is -0.388 e. The molecule has 0 aromatic heterocycles. The highest BCUT2D eigenvalue weighted by atomic mass is 16.8. The minimum absolute atomic E-state index is 0.408. The Morgan fingerprint density at radius 3 is 0.373 bits per heavy atom. The summed E-state index contributed by atoms with van der Waals surface area (Å²) in [6.45, 7) is -6.98. The van der Waals surface area contributed by atoms with E-state index in [1.807, 2.05) is 0 Å². The quantitative estimate of drug-likeness (QED) is 0.0427. The lowest BCUT2D eigenvalue weighted by Crippen LogP contribution is -2.64. The van der Waals surface area contributed by atoms with Gasteiger partial charge in [0.1, 0.15) is 238 Å². The van der Waals surface area contributed by atoms with E-state index in [0.717, 1.165) is 0 Å². The van der Waals surface area contributed by atoms with Crippen LogP contribution in [0, 0.1) is 0 Å². The molecule has 0 aromatic rings. The van der Waals surface area contributed by atoms with Gasteiger partial charge in [-0.3, -0.25) is 0 Å². The number of aliphatic hydroxyl groups excluding tert-OH is 28. The molecule has 0 amide bonds. The number of hydrogen-bond donors (Lipinski definition) is 28. The van der Waals surface area contributed by atoms with Crippen LogP contribution in [0.1, 0.15) is 0 Å². The van der Waals surface area contributed by atoms with Crippen molar-refractivity contribution >= 4 is 0 Å². The van der Waals surface area contributed by atoms with Crippen LogP contribution in [0.15, 0.2) is 0 Å². The standard InChI is InChI=1S/C65H106O53/c66-14-1-95-54(41(81)27(14)67)108-16-3-97-56(43(83)29(16)69)110-18-5-99-58(45(85)31(18)71)112-20-7-101-60(47(87)33(20)73)114-22-9-103-62(49(89)35(22)75)116-24-11-105-64(51(91)37(24)77)118-26-13-106-65(52(92)39(26)79)117-25-12-104-63(50(90)38(25)78)115-23-10-102-61(48(88)36(23)76)113-21-8-100-59(46(86)34(21)74)111-19-6-98-57(44(84)32(19)72)109-17-4-96-55(42(82)30(17)70)107-15-2-94-53(93)40(80)28(15)68/h14-93H,1-13H2/t14-,15-,16-,17-,18-,19-,20-,21-,22-,23-,24-,25-,26-,27+,28+,29+,30+,31+,32+,33+,34+,35+,36+,37+,38+,39+,40?,41?,42?,43?,44?,45?,46?,47?,48?,49?,50?,51?,52?,53-,54+,55-,56+,57-,58-,59-,60-,61-,62-,63-,64-,65-/m1/s1. The largest absolute Gasteiger partial charge is 0.388 e. The SMILES string of the molecule is OC1[C@H](O[C@@H]2CO[C@@H](O[C@@H]3CO[C@H](O[C@@H]4CO[C@H](O[C@@H]5CO[C@H](O[C@@H]6CO[C@H](O[C@@H]7CO[C@H](O[C@@H]8CO[C@H](O[C@@H]9CO[C@H](O[C@@H]%10CO[C@H](O[C@@H]%11CO[C@H](O[C@@H]%12CO[C@H](O[C@@H]%13CO[C@@H](O)C(O)[C@H]%13O)C(O)[C@H]%12O)C(O)[C@H]%11O)C(O)[C@H]%10O)C(O)[C@H]9O)C(O)[C@H]8O)C(O)[C@H]7O)C(O)[C@H]6O)C(O)[C@H]5O)C(O)[C@H]4O)C(O)[C@H]3O)C(O)[C@H]2O)OC[C@@H](O)[C@@H]1O. The number of hydrogen-bond acceptors (Lipinski definition) is 53. The zero-order chi connectivity index (χ0) is 84.9. The molecule has 0 saturated carbocycles. The Morgan fingerprint density at radius 1 is 0.119 bits per heavy atom. The monoisotopic (exact) mass is 1730 g/mol. The molecule has 53 nitrogen and oxygen atoms in total. The van der Waals surface area contributed by atoms with Crippen molar-refractivity contribution in [3.63, 3.8) is 0 Å². The average molecular weight is 1740 g/mol. The van der Waals surface area contributed by atoms with Gasteiger partial charge in [-0.25, -0.2) is 0 Å². The van der Waals surface area contributed by atoms with Gasteiger partial charge in [-0.15, -0.1) is 0 Å². The molecule has 28 N–H and O–H groups in total. The highest BCUT2D eigenvalue weighted by Gasteiger charge is 2.57. The Morgan fingerprint density at radius 2 is 0.229 bits per heavy atom. The number of aliphatic hydroxyl groups is 28. The van der Waals surface area contributed by atoms with E-state index in [9.17, 15) is 143 Å². The first kappa shape index (κ1) is 93.5. The van der Waals surface area contributed by atoms with Gasteiger partial charge >= 0.3 is 0 Å². The second-order valence-corrected chi connectivity index (χ2v) is 30.6. The lowest BCUT2D eigenvalue weighted by Gasteiger charge is -2.46. The Bertz CT molecular complexity index is 2840. The predicted octanol–water partition coefficient (Wildman–Crippen LogP) is -21.0. The van der Waals surface area contributed by atoms with Gasteiger partial charge in [0.25, 0.3) is 0 Å². The van der Waals surface area contributed by atoms with Crippen LogP contribution in [0.5, 0.6) is 0 Å². The molecule has 13 saturated heterocycles. The molecule has 684 valence electrons. The highest BCUT2D eigenvalue weighted by Crippen LogP contribution is 2.37. The van der Waals surface area contributed by atoms with Crippen molar-refractivity contribution in [1.29, 1.82) is 0 Å². The second-order valence-electron chi connectivity index (χ2n) is 30.6. The van der Waals surface area contributed by atoms with E-state index >= 15 is 0 Å². The van der Waals surface area contributed by atoms with Crippen molar-refractivity contribution in [2.45, 2.75) is 320 Å². The van der Waals surface area contributed by atoms with Crippen LogP contribution in [-0.4, -0.2) is 549 Å². The van der Waals surface area contributed by atoms with Crippen molar-refractivity contribution in [2.24, 2.45) is 0 Å². The lowest BCUT2D eigenvalue weighted by molar-refractivity contribution is -0.371. The van der Waals surface area contributed by atoms with E-state index < -0.39 is 406 Å². The molecule has 53 heteroatoms. The van der Waals surface area contributed by atoms with Gasteiger partial charge < -0.3 is 261 Å². The molecule has 52 atom stereocenters. The van der Waals surface area contributed by atoms with Gasteiger partial charge in [-0.2, -0.15) is 0 Å². The van der Waals surface area contributed by atoms with Crippen LogP contribution in [-0.2, 0) is 118 Å². The molecule has 13 rings (SSSR count). The summed E-state index contributed by atoms with van der Waals surface area (Å²) in [6, 6.07) is 0. The summed E-state index contributed by atoms with van der Waals surface area (Å²) < 4.78 is 139. The topological polar surface area (TPSA) is 797 Å². The molecular weight excluding hydrogens is 1630 g/mol. The molecule has 0 aliphatic carbocycles. The maximum atomic E-state index is 11.1. The van der Waals surface area contributed by atoms with E-state index in [-0.39, 0.29) is 0 Å². The number of rotatable bonds is 24. The van der Waals surface area contributed by atoms with Crippen molar-refractivity contribution in [2.75, 3.05) is 85.9 Å². The first-order valence-electron chi connectivity index (χ1n) is 38.0. The molecular formula is C65H106O53. The Labute approximate surface area is 665 Å². The molecule has 0 bridgehead atoms. The molecule has 13 fully saturated rings. The normalized spacial score (nSPS) is 54.8. The van der Waals surface area contributed by atoms with E-state index in [4.69, 9.17) is 118 Å². The highest BCUT2D eigenvalue weighted by molar-refractivity contribution is 4.99. The van der Waals surface area contributed by atoms with Crippen molar-refractivity contribution < 1.29 is 261 Å². The van der Waals surface area contributed by atoms with Crippen LogP contribution < -0.4 is 0 Å². The first-order chi connectivity index (χ1) is 56.1. The van der Waals surface area contributed by atoms with Crippen LogP contribution in [0.4, 0.5) is 0 Å². The second kappa shape index (κ2) is 40.5. The molecule has 13 aliphatic heterocycles. The van der Waals surface area contributed by atoms with E-state index in [1.165, 1.54) is 0 Å². The number of ether oxygens (including phenoxy) is 25. The molecule has 118 heavy (non-hydrogen) atoms. The van der Waals surface area contributed by atoms with E-state index in [2.05, 4.69) is 0 Å². The van der Waals surface area contributed by atoms with Crippen molar-refractivity contribution in [3.05, 3.63) is 0 Å². The molecule has 0 radical (unpaired) electrons. The smallest absolute Gasteiger partial charge is 0.186 e. The van der Waals surface area contributed by atoms with Gasteiger partial charge in [-0.1, -0.05) is 0 Å².